The van der Waals surface area contributed by atoms with E-state index in [1.54, 1.807) is 26.1 Å². The van der Waals surface area contributed by atoms with E-state index in [1.807, 2.05) is 0 Å². The first-order valence-electron chi connectivity index (χ1n) is 7.67. The maximum atomic E-state index is 12.6. The standard InChI is InChI=1S/C15H22N4O4S/c1-11(9-16-2)15(21)18-12-4-3-5-13(8-12)24(22,23)19-7-6-17-14(20)10-19/h3-5,8,11,16H,6-7,9-10H2,1-2H3,(H,17,20)(H,18,21). The van der Waals surface area contributed by atoms with E-state index in [4.69, 9.17) is 0 Å². The van der Waals surface area contributed by atoms with Gasteiger partial charge in [0.1, 0.15) is 0 Å². The fraction of sp³-hybridized carbons (Fsp3) is 0.467. The molecule has 1 aliphatic heterocycles. The second-order valence-corrected chi connectivity index (χ2v) is 7.60. The van der Waals surface area contributed by atoms with Gasteiger partial charge in [0.25, 0.3) is 0 Å². The lowest BCUT2D eigenvalue weighted by atomic mass is 10.1. The number of amides is 2. The SMILES string of the molecule is CNCC(C)C(=O)Nc1cccc(S(=O)(=O)N2CCNC(=O)C2)c1. The molecule has 0 bridgehead atoms. The molecule has 1 atom stereocenters. The maximum Gasteiger partial charge on any atom is 0.243 e. The Morgan fingerprint density at radius 1 is 1.42 bits per heavy atom. The first-order valence-corrected chi connectivity index (χ1v) is 9.11. The van der Waals surface area contributed by atoms with Crippen LogP contribution in [0.5, 0.6) is 0 Å². The molecule has 2 amide bonds. The molecule has 3 N–H and O–H groups in total. The lowest BCUT2D eigenvalue weighted by Gasteiger charge is -2.26. The third-order valence-corrected chi connectivity index (χ3v) is 5.54. The van der Waals surface area contributed by atoms with Gasteiger partial charge in [-0.3, -0.25) is 9.59 Å². The highest BCUT2D eigenvalue weighted by Crippen LogP contribution is 2.20. The minimum Gasteiger partial charge on any atom is -0.354 e. The number of hydrogen-bond acceptors (Lipinski definition) is 5. The van der Waals surface area contributed by atoms with Crippen LogP contribution in [0.3, 0.4) is 0 Å². The number of rotatable bonds is 6. The van der Waals surface area contributed by atoms with Crippen molar-refractivity contribution in [3.05, 3.63) is 24.3 Å². The molecule has 1 aliphatic rings. The number of hydrogen-bond donors (Lipinski definition) is 3. The van der Waals surface area contributed by atoms with Crippen LogP contribution in [0.15, 0.2) is 29.2 Å². The molecule has 1 unspecified atom stereocenters. The number of nitrogens with zero attached hydrogens (tertiary/aromatic N) is 1. The molecule has 24 heavy (non-hydrogen) atoms. The molecular formula is C15H22N4O4S. The number of anilines is 1. The Balaban J connectivity index is 2.17. The number of benzene rings is 1. The Morgan fingerprint density at radius 3 is 2.83 bits per heavy atom. The summed E-state index contributed by atoms with van der Waals surface area (Å²) in [6, 6.07) is 6.06. The van der Waals surface area contributed by atoms with Crippen LogP contribution < -0.4 is 16.0 Å². The molecule has 0 saturated carbocycles. The van der Waals surface area contributed by atoms with Gasteiger partial charge in [-0.1, -0.05) is 13.0 Å². The van der Waals surface area contributed by atoms with Crippen molar-refractivity contribution in [1.29, 1.82) is 0 Å². The molecule has 9 heteroatoms. The van der Waals surface area contributed by atoms with Gasteiger partial charge in [-0.2, -0.15) is 4.31 Å². The highest BCUT2D eigenvalue weighted by atomic mass is 32.2. The van der Waals surface area contributed by atoms with Gasteiger partial charge in [-0.05, 0) is 25.2 Å². The Kier molecular flexibility index (Phi) is 5.92. The Hall–Kier alpha value is -1.97. The van der Waals surface area contributed by atoms with Gasteiger partial charge in [-0.15, -0.1) is 0 Å². The molecule has 0 aromatic heterocycles. The van der Waals surface area contributed by atoms with Crippen molar-refractivity contribution in [2.75, 3.05) is 38.5 Å². The number of nitrogens with one attached hydrogen (secondary N) is 3. The van der Waals surface area contributed by atoms with Gasteiger partial charge in [-0.25, -0.2) is 8.42 Å². The van der Waals surface area contributed by atoms with Gasteiger partial charge in [0.2, 0.25) is 21.8 Å². The third kappa shape index (κ3) is 4.31. The largest absolute Gasteiger partial charge is 0.354 e. The minimum absolute atomic E-state index is 0.0521. The van der Waals surface area contributed by atoms with Gasteiger partial charge in [0, 0.05) is 31.2 Å². The molecule has 0 spiro atoms. The molecule has 2 rings (SSSR count). The van der Waals surface area contributed by atoms with E-state index < -0.39 is 10.0 Å². The van der Waals surface area contributed by atoms with Crippen molar-refractivity contribution >= 4 is 27.5 Å². The molecule has 132 valence electrons. The molecule has 0 aliphatic carbocycles. The first kappa shape index (κ1) is 18.4. The van der Waals surface area contributed by atoms with Crippen LogP contribution in [-0.4, -0.2) is 57.8 Å². The quantitative estimate of drug-likeness (QED) is 0.644. The van der Waals surface area contributed by atoms with Crippen molar-refractivity contribution in [3.63, 3.8) is 0 Å². The number of piperazine rings is 1. The van der Waals surface area contributed by atoms with Gasteiger partial charge < -0.3 is 16.0 Å². The lowest BCUT2D eigenvalue weighted by molar-refractivity contribution is -0.122. The molecular weight excluding hydrogens is 332 g/mol. The summed E-state index contributed by atoms with van der Waals surface area (Å²) in [5, 5.41) is 8.21. The highest BCUT2D eigenvalue weighted by molar-refractivity contribution is 7.89. The molecule has 1 fully saturated rings. The van der Waals surface area contributed by atoms with Crippen LogP contribution in [0.1, 0.15) is 6.92 Å². The summed E-state index contributed by atoms with van der Waals surface area (Å²) in [7, 11) is -2.02. The Morgan fingerprint density at radius 2 is 2.17 bits per heavy atom. The lowest BCUT2D eigenvalue weighted by Crippen LogP contribution is -2.49. The van der Waals surface area contributed by atoms with Crippen molar-refractivity contribution in [2.45, 2.75) is 11.8 Å². The van der Waals surface area contributed by atoms with Crippen molar-refractivity contribution < 1.29 is 18.0 Å². The Bertz CT molecular complexity index is 720. The third-order valence-electron chi connectivity index (χ3n) is 3.70. The van der Waals surface area contributed by atoms with Gasteiger partial charge >= 0.3 is 0 Å². The fourth-order valence-corrected chi connectivity index (χ4v) is 3.81. The molecule has 0 radical (unpaired) electrons. The predicted molar refractivity (Wildman–Crippen MR) is 89.9 cm³/mol. The van der Waals surface area contributed by atoms with Crippen LogP contribution in [0.2, 0.25) is 0 Å². The maximum absolute atomic E-state index is 12.6. The van der Waals surface area contributed by atoms with E-state index in [2.05, 4.69) is 16.0 Å². The van der Waals surface area contributed by atoms with E-state index in [0.717, 1.165) is 4.31 Å². The molecule has 8 nitrogen and oxygen atoms in total. The van der Waals surface area contributed by atoms with Crippen molar-refractivity contribution in [1.82, 2.24) is 14.9 Å². The van der Waals surface area contributed by atoms with E-state index in [0.29, 0.717) is 12.2 Å². The molecule has 1 aromatic carbocycles. The summed E-state index contributed by atoms with van der Waals surface area (Å²) in [6.45, 7) is 2.61. The highest BCUT2D eigenvalue weighted by Gasteiger charge is 2.29. The fourth-order valence-electron chi connectivity index (χ4n) is 2.37. The molecule has 1 heterocycles. The zero-order valence-electron chi connectivity index (χ0n) is 13.7. The predicted octanol–water partition coefficient (Wildman–Crippen LogP) is -0.399. The monoisotopic (exact) mass is 354 g/mol. The second-order valence-electron chi connectivity index (χ2n) is 5.66. The average molecular weight is 354 g/mol. The van der Waals surface area contributed by atoms with Gasteiger partial charge in [0.15, 0.2) is 0 Å². The molecule has 1 saturated heterocycles. The van der Waals surface area contributed by atoms with Gasteiger partial charge in [0.05, 0.1) is 11.4 Å². The van der Waals surface area contributed by atoms with E-state index >= 15 is 0 Å². The number of carbonyl (C=O) groups excluding carboxylic acids is 2. The number of sulfonamides is 1. The summed E-state index contributed by atoms with van der Waals surface area (Å²) in [6.07, 6.45) is 0. The zero-order valence-corrected chi connectivity index (χ0v) is 14.5. The molecule has 1 aromatic rings. The van der Waals surface area contributed by atoms with Crippen LogP contribution in [-0.2, 0) is 19.6 Å². The van der Waals surface area contributed by atoms with E-state index in [9.17, 15) is 18.0 Å². The summed E-state index contributed by atoms with van der Waals surface area (Å²) in [4.78, 5) is 23.5. The first-order chi connectivity index (χ1) is 11.3. The average Bonchev–Trinajstić information content (AvgIpc) is 2.55. The van der Waals surface area contributed by atoms with Crippen LogP contribution in [0.25, 0.3) is 0 Å². The van der Waals surface area contributed by atoms with Crippen LogP contribution in [0, 0.1) is 5.92 Å². The van der Waals surface area contributed by atoms with Crippen LogP contribution in [0.4, 0.5) is 5.69 Å². The minimum atomic E-state index is -3.77. The van der Waals surface area contributed by atoms with Crippen molar-refractivity contribution in [2.24, 2.45) is 5.92 Å². The van der Waals surface area contributed by atoms with Crippen molar-refractivity contribution in [3.8, 4) is 0 Å². The summed E-state index contributed by atoms with van der Waals surface area (Å²) >= 11 is 0. The number of carbonyl (C=O) groups is 2. The van der Waals surface area contributed by atoms with E-state index in [-0.39, 0.29) is 42.3 Å². The summed E-state index contributed by atoms with van der Waals surface area (Å²) < 4.78 is 26.4. The summed E-state index contributed by atoms with van der Waals surface area (Å²) in [5.74, 6) is -0.771. The topological polar surface area (TPSA) is 108 Å². The smallest absolute Gasteiger partial charge is 0.243 e. The normalized spacial score (nSPS) is 17.2. The van der Waals surface area contributed by atoms with E-state index in [1.165, 1.54) is 12.1 Å². The summed E-state index contributed by atoms with van der Waals surface area (Å²) in [5.41, 5.74) is 0.408. The zero-order chi connectivity index (χ0) is 17.7. The Labute approximate surface area is 141 Å². The van der Waals surface area contributed by atoms with Crippen LogP contribution >= 0.6 is 0 Å². The second kappa shape index (κ2) is 7.73.